The SMILES string of the molecule is COc1cc(-c2[nH]ncc2N)cc(NC(=O)OC(C)(C)C)c1O. The van der Waals surface area contributed by atoms with Crippen LogP contribution in [-0.2, 0) is 4.74 Å². The van der Waals surface area contributed by atoms with Gasteiger partial charge in [0.15, 0.2) is 11.5 Å². The molecule has 0 bridgehead atoms. The predicted octanol–water partition coefficient (Wildman–Crippen LogP) is 2.72. The van der Waals surface area contributed by atoms with Crippen molar-refractivity contribution in [1.29, 1.82) is 0 Å². The lowest BCUT2D eigenvalue weighted by molar-refractivity contribution is 0.0635. The van der Waals surface area contributed by atoms with Crippen LogP contribution in [0.5, 0.6) is 11.5 Å². The number of hydrogen-bond acceptors (Lipinski definition) is 6. The number of rotatable bonds is 3. The molecule has 0 fully saturated rings. The highest BCUT2D eigenvalue weighted by atomic mass is 16.6. The largest absolute Gasteiger partial charge is 0.503 e. The van der Waals surface area contributed by atoms with E-state index in [4.69, 9.17) is 15.2 Å². The van der Waals surface area contributed by atoms with Gasteiger partial charge >= 0.3 is 6.09 Å². The zero-order valence-corrected chi connectivity index (χ0v) is 13.4. The number of carbonyl (C=O) groups is 1. The van der Waals surface area contributed by atoms with Gasteiger partial charge in [-0.3, -0.25) is 10.4 Å². The third-order valence-corrected chi connectivity index (χ3v) is 2.89. The number of carbonyl (C=O) groups excluding carboxylic acids is 1. The van der Waals surface area contributed by atoms with Gasteiger partial charge in [0.25, 0.3) is 0 Å². The summed E-state index contributed by atoms with van der Waals surface area (Å²) < 4.78 is 10.3. The van der Waals surface area contributed by atoms with E-state index in [1.165, 1.54) is 13.3 Å². The van der Waals surface area contributed by atoms with Crippen LogP contribution in [0.2, 0.25) is 0 Å². The summed E-state index contributed by atoms with van der Waals surface area (Å²) in [5.41, 5.74) is 6.89. The van der Waals surface area contributed by atoms with E-state index in [2.05, 4.69) is 15.5 Å². The summed E-state index contributed by atoms with van der Waals surface area (Å²) in [4.78, 5) is 11.9. The quantitative estimate of drug-likeness (QED) is 0.645. The fraction of sp³-hybridized carbons (Fsp3) is 0.333. The highest BCUT2D eigenvalue weighted by Crippen LogP contribution is 2.39. The van der Waals surface area contributed by atoms with Gasteiger partial charge in [0.05, 0.1) is 30.4 Å². The van der Waals surface area contributed by atoms with Gasteiger partial charge in [-0.1, -0.05) is 0 Å². The minimum atomic E-state index is -0.690. The minimum absolute atomic E-state index is 0.141. The maximum atomic E-state index is 11.9. The molecule has 0 unspecified atom stereocenters. The van der Waals surface area contributed by atoms with Gasteiger partial charge in [-0.2, -0.15) is 5.10 Å². The molecular weight excluding hydrogens is 300 g/mol. The van der Waals surface area contributed by atoms with E-state index >= 15 is 0 Å². The lowest BCUT2D eigenvalue weighted by Gasteiger charge is -2.20. The molecule has 8 heteroatoms. The van der Waals surface area contributed by atoms with Crippen molar-refractivity contribution in [2.75, 3.05) is 18.2 Å². The average molecular weight is 320 g/mol. The van der Waals surface area contributed by atoms with E-state index in [0.29, 0.717) is 16.9 Å². The van der Waals surface area contributed by atoms with Crippen LogP contribution in [0.4, 0.5) is 16.2 Å². The number of nitrogens with two attached hydrogens (primary N) is 1. The number of aromatic amines is 1. The van der Waals surface area contributed by atoms with E-state index in [9.17, 15) is 9.90 Å². The Bertz CT molecular complexity index is 719. The first-order chi connectivity index (χ1) is 10.7. The fourth-order valence-electron chi connectivity index (χ4n) is 1.94. The number of hydrogen-bond donors (Lipinski definition) is 4. The number of H-pyrrole nitrogens is 1. The number of amides is 1. The maximum absolute atomic E-state index is 11.9. The molecule has 0 atom stereocenters. The fourth-order valence-corrected chi connectivity index (χ4v) is 1.94. The number of phenols is 1. The van der Waals surface area contributed by atoms with Crippen molar-refractivity contribution >= 4 is 17.5 Å². The summed E-state index contributed by atoms with van der Waals surface area (Å²) in [6.45, 7) is 5.23. The van der Waals surface area contributed by atoms with Crippen LogP contribution in [0.25, 0.3) is 11.3 Å². The first-order valence-corrected chi connectivity index (χ1v) is 6.91. The lowest BCUT2D eigenvalue weighted by atomic mass is 10.1. The molecule has 1 amide bonds. The zero-order chi connectivity index (χ0) is 17.2. The van der Waals surface area contributed by atoms with E-state index in [1.807, 2.05) is 0 Å². The summed E-state index contributed by atoms with van der Waals surface area (Å²) in [5, 5.41) is 19.3. The standard InChI is InChI=1S/C15H20N4O4/c1-15(2,3)23-14(21)18-10-5-8(6-11(22-4)13(10)20)12-9(16)7-17-19-12/h5-7,20H,16H2,1-4H3,(H,17,19)(H,18,21). The highest BCUT2D eigenvalue weighted by molar-refractivity contribution is 5.90. The molecule has 0 aliphatic rings. The van der Waals surface area contributed by atoms with Crippen LogP contribution in [0.15, 0.2) is 18.3 Å². The van der Waals surface area contributed by atoms with Crippen molar-refractivity contribution < 1.29 is 19.4 Å². The van der Waals surface area contributed by atoms with Crippen molar-refractivity contribution in [3.05, 3.63) is 18.3 Å². The molecule has 8 nitrogen and oxygen atoms in total. The summed E-state index contributed by atoms with van der Waals surface area (Å²) in [6.07, 6.45) is 0.778. The van der Waals surface area contributed by atoms with Gasteiger partial charge in [0.2, 0.25) is 0 Å². The van der Waals surface area contributed by atoms with Gasteiger partial charge in [-0.05, 0) is 32.9 Å². The molecule has 2 aromatic rings. The molecule has 1 aromatic carbocycles. The molecule has 0 spiro atoms. The molecule has 0 saturated carbocycles. The highest BCUT2D eigenvalue weighted by Gasteiger charge is 2.20. The second-order valence-electron chi connectivity index (χ2n) is 5.90. The molecule has 0 radical (unpaired) electrons. The molecule has 23 heavy (non-hydrogen) atoms. The number of benzene rings is 1. The number of nitrogen functional groups attached to an aromatic ring is 1. The molecule has 5 N–H and O–H groups in total. The normalized spacial score (nSPS) is 11.1. The van der Waals surface area contributed by atoms with Crippen LogP contribution in [0.1, 0.15) is 20.8 Å². The zero-order valence-electron chi connectivity index (χ0n) is 13.4. The summed E-state index contributed by atoms with van der Waals surface area (Å²) in [6, 6.07) is 3.13. The molecule has 0 aliphatic carbocycles. The van der Waals surface area contributed by atoms with Crippen LogP contribution >= 0.6 is 0 Å². The topological polar surface area (TPSA) is 122 Å². The Morgan fingerprint density at radius 1 is 1.39 bits per heavy atom. The number of aromatic nitrogens is 2. The lowest BCUT2D eigenvalue weighted by Crippen LogP contribution is -2.27. The Balaban J connectivity index is 2.39. The molecule has 1 heterocycles. The van der Waals surface area contributed by atoms with Crippen molar-refractivity contribution in [3.63, 3.8) is 0 Å². The van der Waals surface area contributed by atoms with Crippen LogP contribution in [0.3, 0.4) is 0 Å². The Morgan fingerprint density at radius 3 is 2.61 bits per heavy atom. The van der Waals surface area contributed by atoms with Crippen LogP contribution in [-0.4, -0.2) is 34.1 Å². The second-order valence-corrected chi connectivity index (χ2v) is 5.90. The number of nitrogens with one attached hydrogen (secondary N) is 2. The third kappa shape index (κ3) is 3.85. The number of anilines is 2. The van der Waals surface area contributed by atoms with Crippen molar-refractivity contribution in [1.82, 2.24) is 10.2 Å². The Labute approximate surface area is 133 Å². The molecule has 0 saturated heterocycles. The van der Waals surface area contributed by atoms with Gasteiger partial charge in [0, 0.05) is 5.56 Å². The first kappa shape index (κ1) is 16.5. The Morgan fingerprint density at radius 2 is 2.09 bits per heavy atom. The molecule has 0 aliphatic heterocycles. The van der Waals surface area contributed by atoms with Crippen molar-refractivity contribution in [2.45, 2.75) is 26.4 Å². The first-order valence-electron chi connectivity index (χ1n) is 6.91. The number of aromatic hydroxyl groups is 1. The number of nitrogens with zero attached hydrogens (tertiary/aromatic N) is 1. The number of phenolic OH excluding ortho intramolecular Hbond substituents is 1. The molecule has 2 rings (SSSR count). The second kappa shape index (κ2) is 6.07. The molecular formula is C15H20N4O4. The monoisotopic (exact) mass is 320 g/mol. The summed E-state index contributed by atoms with van der Waals surface area (Å²) in [5.74, 6) is -0.0252. The van der Waals surface area contributed by atoms with Gasteiger partial charge in [0.1, 0.15) is 5.60 Å². The maximum Gasteiger partial charge on any atom is 0.412 e. The smallest absolute Gasteiger partial charge is 0.412 e. The molecule has 124 valence electrons. The third-order valence-electron chi connectivity index (χ3n) is 2.89. The predicted molar refractivity (Wildman–Crippen MR) is 86.5 cm³/mol. The number of ether oxygens (including phenoxy) is 2. The van der Waals surface area contributed by atoms with Gasteiger partial charge in [-0.25, -0.2) is 4.79 Å². The Hall–Kier alpha value is -2.90. The number of methoxy groups -OCH3 is 1. The van der Waals surface area contributed by atoms with E-state index in [1.54, 1.807) is 32.9 Å². The Kier molecular flexibility index (Phi) is 4.35. The van der Waals surface area contributed by atoms with E-state index < -0.39 is 11.7 Å². The summed E-state index contributed by atoms with van der Waals surface area (Å²) in [7, 11) is 1.41. The van der Waals surface area contributed by atoms with Crippen molar-refractivity contribution in [3.8, 4) is 22.8 Å². The van der Waals surface area contributed by atoms with Crippen LogP contribution in [0, 0.1) is 0 Å². The van der Waals surface area contributed by atoms with Crippen molar-refractivity contribution in [2.24, 2.45) is 0 Å². The van der Waals surface area contributed by atoms with E-state index in [-0.39, 0.29) is 17.2 Å². The summed E-state index contributed by atoms with van der Waals surface area (Å²) >= 11 is 0. The van der Waals surface area contributed by atoms with Gasteiger partial charge in [-0.15, -0.1) is 0 Å². The molecule has 1 aromatic heterocycles. The van der Waals surface area contributed by atoms with Gasteiger partial charge < -0.3 is 20.3 Å². The van der Waals surface area contributed by atoms with Crippen LogP contribution < -0.4 is 15.8 Å². The van der Waals surface area contributed by atoms with E-state index in [0.717, 1.165) is 0 Å². The average Bonchev–Trinajstić information content (AvgIpc) is 2.85. The minimum Gasteiger partial charge on any atom is -0.503 e.